The molecule has 0 aromatic carbocycles. The monoisotopic (exact) mass is 241 g/mol. The van der Waals surface area contributed by atoms with Crippen LogP contribution in [0.1, 0.15) is 46.5 Å². The van der Waals surface area contributed by atoms with Gasteiger partial charge in [-0.1, -0.05) is 19.8 Å². The lowest BCUT2D eigenvalue weighted by Gasteiger charge is -2.26. The molecule has 0 spiro atoms. The highest BCUT2D eigenvalue weighted by molar-refractivity contribution is 4.75. The first-order valence-electron chi connectivity index (χ1n) is 7.07. The molecule has 2 fully saturated rings. The fourth-order valence-corrected chi connectivity index (χ4v) is 2.85. The third kappa shape index (κ3) is 4.23. The zero-order chi connectivity index (χ0) is 12.3. The fourth-order valence-electron chi connectivity index (χ4n) is 2.85. The summed E-state index contributed by atoms with van der Waals surface area (Å²) >= 11 is 0. The van der Waals surface area contributed by atoms with E-state index in [2.05, 4.69) is 12.2 Å². The van der Waals surface area contributed by atoms with E-state index in [1.807, 2.05) is 13.8 Å². The molecule has 0 amide bonds. The van der Waals surface area contributed by atoms with Crippen LogP contribution in [0.5, 0.6) is 0 Å². The maximum atomic E-state index is 5.77. The quantitative estimate of drug-likeness (QED) is 0.820. The molecule has 0 bridgehead atoms. The van der Waals surface area contributed by atoms with Gasteiger partial charge in [-0.3, -0.25) is 0 Å². The lowest BCUT2D eigenvalue weighted by atomic mass is 9.83. The Balaban J connectivity index is 1.57. The summed E-state index contributed by atoms with van der Waals surface area (Å²) in [6, 6.07) is 0. The third-order valence-corrected chi connectivity index (χ3v) is 4.01. The van der Waals surface area contributed by atoms with Crippen LogP contribution in [0, 0.1) is 11.8 Å². The van der Waals surface area contributed by atoms with Crippen molar-refractivity contribution >= 4 is 0 Å². The summed E-state index contributed by atoms with van der Waals surface area (Å²) in [5.74, 6) is 1.44. The van der Waals surface area contributed by atoms with Crippen molar-refractivity contribution in [1.82, 2.24) is 5.32 Å². The predicted molar refractivity (Wildman–Crippen MR) is 68.9 cm³/mol. The Kier molecular flexibility index (Phi) is 4.45. The molecule has 1 saturated heterocycles. The predicted octanol–water partition coefficient (Wildman–Crippen LogP) is 2.55. The van der Waals surface area contributed by atoms with E-state index in [4.69, 9.17) is 9.47 Å². The molecule has 100 valence electrons. The number of ether oxygens (including phenoxy) is 2. The van der Waals surface area contributed by atoms with Crippen LogP contribution < -0.4 is 5.32 Å². The van der Waals surface area contributed by atoms with E-state index in [9.17, 15) is 0 Å². The van der Waals surface area contributed by atoms with E-state index in [-0.39, 0.29) is 11.9 Å². The van der Waals surface area contributed by atoms with Crippen molar-refractivity contribution in [2.45, 2.75) is 58.3 Å². The molecule has 2 rings (SSSR count). The van der Waals surface area contributed by atoms with Crippen molar-refractivity contribution < 1.29 is 9.47 Å². The zero-order valence-electron chi connectivity index (χ0n) is 11.5. The van der Waals surface area contributed by atoms with Crippen LogP contribution >= 0.6 is 0 Å². The summed E-state index contributed by atoms with van der Waals surface area (Å²) in [6.07, 6.45) is 5.82. The van der Waals surface area contributed by atoms with Gasteiger partial charge in [-0.05, 0) is 45.1 Å². The van der Waals surface area contributed by atoms with Gasteiger partial charge in [0, 0.05) is 6.54 Å². The first kappa shape index (κ1) is 13.3. The minimum atomic E-state index is -0.382. The highest BCUT2D eigenvalue weighted by atomic mass is 16.7. The van der Waals surface area contributed by atoms with Gasteiger partial charge in [0.2, 0.25) is 0 Å². The molecule has 1 aliphatic carbocycles. The number of hydrogen-bond acceptors (Lipinski definition) is 3. The highest BCUT2D eigenvalue weighted by Gasteiger charge is 2.32. The lowest BCUT2D eigenvalue weighted by Crippen LogP contribution is -2.34. The molecule has 17 heavy (non-hydrogen) atoms. The molecule has 1 atom stereocenters. The summed E-state index contributed by atoms with van der Waals surface area (Å²) in [5, 5.41) is 3.54. The maximum absolute atomic E-state index is 5.77. The Morgan fingerprint density at radius 3 is 2.41 bits per heavy atom. The van der Waals surface area contributed by atoms with E-state index in [0.29, 0.717) is 0 Å². The van der Waals surface area contributed by atoms with Crippen molar-refractivity contribution in [3.05, 3.63) is 0 Å². The van der Waals surface area contributed by atoms with Crippen molar-refractivity contribution in [1.29, 1.82) is 0 Å². The van der Waals surface area contributed by atoms with Gasteiger partial charge in [-0.15, -0.1) is 0 Å². The molecular weight excluding hydrogens is 214 g/mol. The molecule has 3 nitrogen and oxygen atoms in total. The normalized spacial score (nSPS) is 37.2. The molecular formula is C14H27NO2. The van der Waals surface area contributed by atoms with E-state index in [1.165, 1.54) is 25.7 Å². The Morgan fingerprint density at radius 1 is 1.12 bits per heavy atom. The van der Waals surface area contributed by atoms with E-state index in [0.717, 1.165) is 31.5 Å². The molecule has 0 radical (unpaired) electrons. The van der Waals surface area contributed by atoms with E-state index >= 15 is 0 Å². The molecule has 1 unspecified atom stereocenters. The minimum Gasteiger partial charge on any atom is -0.348 e. The number of nitrogens with one attached hydrogen (secondary N) is 1. The number of hydrogen-bond donors (Lipinski definition) is 1. The van der Waals surface area contributed by atoms with Gasteiger partial charge in [0.05, 0.1) is 12.7 Å². The molecule has 1 heterocycles. The van der Waals surface area contributed by atoms with Crippen LogP contribution in [0.3, 0.4) is 0 Å². The van der Waals surface area contributed by atoms with Gasteiger partial charge in [-0.2, -0.15) is 0 Å². The number of rotatable bonds is 4. The zero-order valence-corrected chi connectivity index (χ0v) is 11.5. The summed E-state index contributed by atoms with van der Waals surface area (Å²) in [4.78, 5) is 0. The SMILES string of the molecule is CC1CCC(CNCC2COC(C)(C)O2)CC1. The van der Waals surface area contributed by atoms with Crippen molar-refractivity contribution in [3.8, 4) is 0 Å². The van der Waals surface area contributed by atoms with Crippen molar-refractivity contribution in [3.63, 3.8) is 0 Å². The van der Waals surface area contributed by atoms with Crippen LogP contribution in [0.2, 0.25) is 0 Å². The Labute approximate surface area is 105 Å². The van der Waals surface area contributed by atoms with Gasteiger partial charge < -0.3 is 14.8 Å². The van der Waals surface area contributed by atoms with Crippen molar-refractivity contribution in [2.75, 3.05) is 19.7 Å². The first-order chi connectivity index (χ1) is 8.05. The standard InChI is InChI=1S/C14H27NO2/c1-11-4-6-12(7-5-11)8-15-9-13-10-16-14(2,3)17-13/h11-13,15H,4-10H2,1-3H3. The summed E-state index contributed by atoms with van der Waals surface area (Å²) in [5.41, 5.74) is 0. The second-order valence-electron chi connectivity index (χ2n) is 6.23. The van der Waals surface area contributed by atoms with E-state index in [1.54, 1.807) is 0 Å². The lowest BCUT2D eigenvalue weighted by molar-refractivity contribution is -0.137. The van der Waals surface area contributed by atoms with Crippen LogP contribution in [-0.4, -0.2) is 31.6 Å². The second-order valence-corrected chi connectivity index (χ2v) is 6.23. The van der Waals surface area contributed by atoms with Crippen LogP contribution in [0.4, 0.5) is 0 Å². The Bertz CT molecular complexity index is 234. The average Bonchev–Trinajstić information content (AvgIpc) is 2.61. The topological polar surface area (TPSA) is 30.5 Å². The Hall–Kier alpha value is -0.120. The van der Waals surface area contributed by atoms with Gasteiger partial charge in [0.25, 0.3) is 0 Å². The maximum Gasteiger partial charge on any atom is 0.163 e. The van der Waals surface area contributed by atoms with Gasteiger partial charge in [-0.25, -0.2) is 0 Å². The fraction of sp³-hybridized carbons (Fsp3) is 1.00. The Morgan fingerprint density at radius 2 is 1.82 bits per heavy atom. The third-order valence-electron chi connectivity index (χ3n) is 4.01. The highest BCUT2D eigenvalue weighted by Crippen LogP contribution is 2.27. The molecule has 3 heteroatoms. The van der Waals surface area contributed by atoms with Gasteiger partial charge >= 0.3 is 0 Å². The molecule has 0 aromatic rings. The smallest absolute Gasteiger partial charge is 0.163 e. The summed E-state index contributed by atoms with van der Waals surface area (Å²) < 4.78 is 11.3. The van der Waals surface area contributed by atoms with E-state index < -0.39 is 0 Å². The molecule has 1 N–H and O–H groups in total. The minimum absolute atomic E-state index is 0.229. The van der Waals surface area contributed by atoms with Crippen LogP contribution in [-0.2, 0) is 9.47 Å². The van der Waals surface area contributed by atoms with Gasteiger partial charge in [0.15, 0.2) is 5.79 Å². The largest absolute Gasteiger partial charge is 0.348 e. The second kappa shape index (κ2) is 5.68. The molecule has 0 aromatic heterocycles. The van der Waals surface area contributed by atoms with Crippen LogP contribution in [0.15, 0.2) is 0 Å². The average molecular weight is 241 g/mol. The summed E-state index contributed by atoms with van der Waals surface area (Å²) in [7, 11) is 0. The first-order valence-corrected chi connectivity index (χ1v) is 7.07. The van der Waals surface area contributed by atoms with Crippen LogP contribution in [0.25, 0.3) is 0 Å². The van der Waals surface area contributed by atoms with Gasteiger partial charge in [0.1, 0.15) is 0 Å². The molecule has 1 aliphatic heterocycles. The summed E-state index contributed by atoms with van der Waals surface area (Å²) in [6.45, 7) is 9.13. The molecule has 2 aliphatic rings. The van der Waals surface area contributed by atoms with Crippen molar-refractivity contribution in [2.24, 2.45) is 11.8 Å². The molecule has 1 saturated carbocycles.